The fourth-order valence-electron chi connectivity index (χ4n) is 2.64. The smallest absolute Gasteiger partial charge is 0.414 e. The normalized spacial score (nSPS) is 19.5. The average Bonchev–Trinajstić information content (AvgIpc) is 2.59. The van der Waals surface area contributed by atoms with Crippen molar-refractivity contribution in [1.29, 1.82) is 0 Å². The lowest BCUT2D eigenvalue weighted by molar-refractivity contribution is 0.0284. The average molecular weight is 362 g/mol. The van der Waals surface area contributed by atoms with Gasteiger partial charge >= 0.3 is 12.1 Å². The molecule has 8 heteroatoms. The van der Waals surface area contributed by atoms with Crippen molar-refractivity contribution in [3.05, 3.63) is 29.9 Å². The lowest BCUT2D eigenvalue weighted by Crippen LogP contribution is -2.53. The molecule has 0 radical (unpaired) electrons. The third kappa shape index (κ3) is 4.50. The third-order valence-electron chi connectivity index (χ3n) is 3.93. The molecule has 0 spiro atoms. The fraction of sp³-hybridized carbons (Fsp3) is 0.556. The number of nitrogens with zero attached hydrogens (tertiary/aromatic N) is 4. The van der Waals surface area contributed by atoms with Gasteiger partial charge in [0.2, 0.25) is 0 Å². The first-order valence-corrected chi connectivity index (χ1v) is 8.49. The molecule has 8 nitrogen and oxygen atoms in total. The number of hydrogen-bond donors (Lipinski definition) is 0. The van der Waals surface area contributed by atoms with Crippen LogP contribution in [-0.4, -0.2) is 58.8 Å². The van der Waals surface area contributed by atoms with E-state index in [1.165, 1.54) is 13.3 Å². The first-order valence-electron chi connectivity index (χ1n) is 8.49. The molecule has 0 saturated carbocycles. The van der Waals surface area contributed by atoms with E-state index in [1.807, 2.05) is 45.6 Å². The van der Waals surface area contributed by atoms with Crippen molar-refractivity contribution in [1.82, 2.24) is 14.9 Å². The zero-order valence-corrected chi connectivity index (χ0v) is 16.1. The number of amides is 1. The van der Waals surface area contributed by atoms with Crippen LogP contribution < -0.4 is 4.90 Å². The van der Waals surface area contributed by atoms with Crippen LogP contribution in [0.15, 0.2) is 24.2 Å². The Hall–Kier alpha value is -2.64. The van der Waals surface area contributed by atoms with Crippen LogP contribution in [-0.2, 0) is 9.47 Å². The van der Waals surface area contributed by atoms with Crippen molar-refractivity contribution >= 4 is 17.9 Å². The van der Waals surface area contributed by atoms with Crippen molar-refractivity contribution in [3.63, 3.8) is 0 Å². The molecule has 0 unspecified atom stereocenters. The zero-order valence-electron chi connectivity index (χ0n) is 16.1. The van der Waals surface area contributed by atoms with Gasteiger partial charge in [-0.15, -0.1) is 0 Å². The van der Waals surface area contributed by atoms with Gasteiger partial charge in [0.05, 0.1) is 26.0 Å². The molecule has 1 aliphatic heterocycles. The number of allylic oxidation sites excluding steroid dienone is 1. The Morgan fingerprint density at radius 2 is 1.96 bits per heavy atom. The highest BCUT2D eigenvalue weighted by Crippen LogP contribution is 2.25. The molecular weight excluding hydrogens is 336 g/mol. The summed E-state index contributed by atoms with van der Waals surface area (Å²) in [5.74, 6) is 0.106. The minimum Gasteiger partial charge on any atom is -0.464 e. The van der Waals surface area contributed by atoms with E-state index in [0.717, 1.165) is 5.70 Å². The van der Waals surface area contributed by atoms with E-state index >= 15 is 0 Å². The molecule has 1 atom stereocenters. The SMILES string of the molecule is C/C=C1\CN(c2cnc(C(=O)OC)cn2)[C@H](C)CN1C(=O)OC(C)(C)C. The summed E-state index contributed by atoms with van der Waals surface area (Å²) in [6.45, 7) is 10.4. The van der Waals surface area contributed by atoms with Gasteiger partial charge in [0.1, 0.15) is 11.4 Å². The van der Waals surface area contributed by atoms with Gasteiger partial charge in [0, 0.05) is 18.3 Å². The summed E-state index contributed by atoms with van der Waals surface area (Å²) in [5.41, 5.74) is 0.435. The number of rotatable bonds is 2. The number of hydrogen-bond acceptors (Lipinski definition) is 7. The molecular formula is C18H26N4O4. The van der Waals surface area contributed by atoms with Gasteiger partial charge in [-0.1, -0.05) is 6.08 Å². The van der Waals surface area contributed by atoms with Gasteiger partial charge in [-0.05, 0) is 34.6 Å². The number of piperazine rings is 1. The van der Waals surface area contributed by atoms with E-state index in [2.05, 4.69) is 14.7 Å². The van der Waals surface area contributed by atoms with Crippen LogP contribution in [0.3, 0.4) is 0 Å². The highest BCUT2D eigenvalue weighted by Gasteiger charge is 2.33. The van der Waals surface area contributed by atoms with Gasteiger partial charge in [-0.3, -0.25) is 4.90 Å². The quantitative estimate of drug-likeness (QED) is 0.748. The van der Waals surface area contributed by atoms with Gasteiger partial charge in [-0.25, -0.2) is 19.6 Å². The van der Waals surface area contributed by atoms with Crippen molar-refractivity contribution in [2.75, 3.05) is 25.1 Å². The largest absolute Gasteiger partial charge is 0.464 e. The number of aromatic nitrogens is 2. The third-order valence-corrected chi connectivity index (χ3v) is 3.93. The monoisotopic (exact) mass is 362 g/mol. The Morgan fingerprint density at radius 3 is 2.46 bits per heavy atom. The van der Waals surface area contributed by atoms with Crippen molar-refractivity contribution in [2.24, 2.45) is 0 Å². The van der Waals surface area contributed by atoms with Crippen LogP contribution in [0.1, 0.15) is 45.1 Å². The highest BCUT2D eigenvalue weighted by atomic mass is 16.6. The number of carbonyl (C=O) groups is 2. The Morgan fingerprint density at radius 1 is 1.27 bits per heavy atom. The number of methoxy groups -OCH3 is 1. The van der Waals surface area contributed by atoms with E-state index in [0.29, 0.717) is 18.9 Å². The molecule has 1 aliphatic rings. The molecule has 0 N–H and O–H groups in total. The molecule has 0 bridgehead atoms. The molecule has 2 heterocycles. The fourth-order valence-corrected chi connectivity index (χ4v) is 2.64. The van der Waals surface area contributed by atoms with Crippen molar-refractivity contribution in [2.45, 2.75) is 46.3 Å². The second kappa shape index (κ2) is 7.72. The second-order valence-electron chi connectivity index (χ2n) is 7.10. The van der Waals surface area contributed by atoms with E-state index in [1.54, 1.807) is 11.1 Å². The summed E-state index contributed by atoms with van der Waals surface area (Å²) in [4.78, 5) is 36.1. The zero-order chi connectivity index (χ0) is 19.5. The Labute approximate surface area is 153 Å². The number of esters is 1. The molecule has 0 aromatic carbocycles. The van der Waals surface area contributed by atoms with Crippen LogP contribution in [0, 0.1) is 0 Å². The Bertz CT molecular complexity index is 694. The lowest BCUT2D eigenvalue weighted by Gasteiger charge is -2.42. The van der Waals surface area contributed by atoms with Crippen molar-refractivity contribution in [3.8, 4) is 0 Å². The van der Waals surface area contributed by atoms with E-state index in [4.69, 9.17) is 4.74 Å². The summed E-state index contributed by atoms with van der Waals surface area (Å²) >= 11 is 0. The van der Waals surface area contributed by atoms with Crippen LogP contribution in [0.4, 0.5) is 10.6 Å². The van der Waals surface area contributed by atoms with Crippen LogP contribution in [0.2, 0.25) is 0 Å². The maximum Gasteiger partial charge on any atom is 0.414 e. The number of anilines is 1. The maximum absolute atomic E-state index is 12.5. The molecule has 1 aromatic heterocycles. The molecule has 1 aromatic rings. The molecule has 142 valence electrons. The summed E-state index contributed by atoms with van der Waals surface area (Å²) in [5, 5.41) is 0. The minimum atomic E-state index is -0.550. The predicted octanol–water partition coefficient (Wildman–Crippen LogP) is 2.61. The lowest BCUT2D eigenvalue weighted by atomic mass is 10.1. The molecule has 0 aliphatic carbocycles. The van der Waals surface area contributed by atoms with E-state index in [9.17, 15) is 9.59 Å². The molecule has 26 heavy (non-hydrogen) atoms. The van der Waals surface area contributed by atoms with Crippen molar-refractivity contribution < 1.29 is 19.1 Å². The first-order chi connectivity index (χ1) is 12.2. The maximum atomic E-state index is 12.5. The van der Waals surface area contributed by atoms with Crippen LogP contribution in [0.25, 0.3) is 0 Å². The standard InChI is InChI=1S/C18H26N4O4/c1-7-13-11-21(15-9-19-14(8-20-15)16(23)25-6)12(2)10-22(13)17(24)26-18(3,4)5/h7-9,12H,10-11H2,1-6H3/b13-7+/t12-/m1/s1. The molecule has 2 rings (SSSR count). The van der Waals surface area contributed by atoms with Gasteiger partial charge in [0.25, 0.3) is 0 Å². The summed E-state index contributed by atoms with van der Waals surface area (Å²) in [6, 6.07) is 0.00416. The first kappa shape index (κ1) is 19.7. The second-order valence-corrected chi connectivity index (χ2v) is 7.10. The topological polar surface area (TPSA) is 84.9 Å². The molecule has 1 fully saturated rings. The Balaban J connectivity index is 2.17. The predicted molar refractivity (Wildman–Crippen MR) is 96.9 cm³/mol. The minimum absolute atomic E-state index is 0.00416. The highest BCUT2D eigenvalue weighted by molar-refractivity contribution is 5.86. The number of ether oxygens (including phenoxy) is 2. The van der Waals surface area contributed by atoms with Gasteiger partial charge in [-0.2, -0.15) is 0 Å². The summed E-state index contributed by atoms with van der Waals surface area (Å²) in [7, 11) is 1.30. The van der Waals surface area contributed by atoms with Gasteiger partial charge in [0.15, 0.2) is 5.69 Å². The van der Waals surface area contributed by atoms with Crippen LogP contribution in [0.5, 0.6) is 0 Å². The van der Waals surface area contributed by atoms with E-state index in [-0.39, 0.29) is 17.8 Å². The number of carbonyl (C=O) groups excluding carboxylic acids is 2. The van der Waals surface area contributed by atoms with E-state index < -0.39 is 11.6 Å². The summed E-state index contributed by atoms with van der Waals surface area (Å²) in [6.07, 6.45) is 4.46. The van der Waals surface area contributed by atoms with Crippen LogP contribution >= 0.6 is 0 Å². The van der Waals surface area contributed by atoms with Gasteiger partial charge < -0.3 is 14.4 Å². The summed E-state index contributed by atoms with van der Waals surface area (Å²) < 4.78 is 10.1. The molecule has 1 saturated heterocycles. The molecule has 1 amide bonds. The Kier molecular flexibility index (Phi) is 5.84.